The van der Waals surface area contributed by atoms with Gasteiger partial charge in [0.05, 0.1) is 0 Å². The van der Waals surface area contributed by atoms with E-state index >= 15 is 0 Å². The van der Waals surface area contributed by atoms with Gasteiger partial charge in [-0.25, -0.2) is 0 Å². The van der Waals surface area contributed by atoms with Crippen LogP contribution >= 0.6 is 0 Å². The monoisotopic (exact) mass is 243 g/mol. The molecule has 3 N–H and O–H groups in total. The normalized spacial score (nSPS) is 18.4. The molecule has 0 unspecified atom stereocenters. The van der Waals surface area contributed by atoms with Gasteiger partial charge in [-0.05, 0) is 19.3 Å². The largest absolute Gasteiger partial charge is 0.409 e. The number of hydrogen-bond acceptors (Lipinski definition) is 4. The molecule has 6 nitrogen and oxygen atoms in total. The fourth-order valence-electron chi connectivity index (χ4n) is 2.03. The Morgan fingerprint density at radius 1 is 1.53 bits per heavy atom. The maximum absolute atomic E-state index is 11.8. The minimum Gasteiger partial charge on any atom is -0.409 e. The van der Waals surface area contributed by atoms with Crippen LogP contribution in [-0.4, -0.2) is 48.7 Å². The number of methoxy groups -OCH3 is 1. The average Bonchev–Trinajstić information content (AvgIpc) is 2.38. The Labute approximate surface area is 101 Å². The molecule has 1 amide bonds. The number of amidine groups is 1. The van der Waals surface area contributed by atoms with Gasteiger partial charge < -0.3 is 20.6 Å². The predicted octanol–water partition coefficient (Wildman–Crippen LogP) is 0.398. The van der Waals surface area contributed by atoms with Crippen LogP contribution in [0.5, 0.6) is 0 Å². The van der Waals surface area contributed by atoms with Crippen LogP contribution in [0.3, 0.4) is 0 Å². The molecule has 1 rings (SSSR count). The van der Waals surface area contributed by atoms with Gasteiger partial charge in [-0.15, -0.1) is 0 Å². The molecular formula is C11H21N3O3. The summed E-state index contributed by atoms with van der Waals surface area (Å²) in [5.41, 5.74) is 5.55. The standard InChI is InChI=1S/C11H21N3O3/c1-17-8-2-3-10(15)14-6-4-9(5-7-14)11(12)13-16/h9,16H,2-8H2,1H3,(H2,12,13). The van der Waals surface area contributed by atoms with Crippen LogP contribution in [-0.2, 0) is 9.53 Å². The van der Waals surface area contributed by atoms with Gasteiger partial charge in [0.1, 0.15) is 5.84 Å². The third kappa shape index (κ3) is 4.22. The Hall–Kier alpha value is -1.30. The second-order valence-electron chi connectivity index (χ2n) is 4.28. The lowest BCUT2D eigenvalue weighted by atomic mass is 9.95. The molecule has 0 aromatic carbocycles. The number of carbonyl (C=O) groups is 1. The number of hydrogen-bond donors (Lipinski definition) is 2. The highest BCUT2D eigenvalue weighted by atomic mass is 16.5. The maximum atomic E-state index is 11.8. The number of piperidine rings is 1. The fraction of sp³-hybridized carbons (Fsp3) is 0.818. The molecule has 1 aliphatic heterocycles. The SMILES string of the molecule is COCCCC(=O)N1CCC(C(N)=NO)CC1. The lowest BCUT2D eigenvalue weighted by molar-refractivity contribution is -0.132. The molecule has 0 spiro atoms. The van der Waals surface area contributed by atoms with E-state index in [-0.39, 0.29) is 17.7 Å². The van der Waals surface area contributed by atoms with Gasteiger partial charge in [0, 0.05) is 39.1 Å². The predicted molar refractivity (Wildman–Crippen MR) is 63.8 cm³/mol. The Morgan fingerprint density at radius 3 is 2.71 bits per heavy atom. The number of nitrogens with two attached hydrogens (primary N) is 1. The molecule has 0 saturated carbocycles. The Morgan fingerprint density at radius 2 is 2.18 bits per heavy atom. The van der Waals surface area contributed by atoms with E-state index in [0.29, 0.717) is 26.1 Å². The van der Waals surface area contributed by atoms with Crippen molar-refractivity contribution in [3.63, 3.8) is 0 Å². The minimum absolute atomic E-state index is 0.100. The number of carbonyl (C=O) groups excluding carboxylic acids is 1. The number of nitrogens with zero attached hydrogens (tertiary/aromatic N) is 2. The van der Waals surface area contributed by atoms with Crippen LogP contribution in [0.15, 0.2) is 5.16 Å². The summed E-state index contributed by atoms with van der Waals surface area (Å²) in [6, 6.07) is 0. The van der Waals surface area contributed by atoms with Crippen LogP contribution in [0.1, 0.15) is 25.7 Å². The smallest absolute Gasteiger partial charge is 0.222 e. The highest BCUT2D eigenvalue weighted by molar-refractivity contribution is 5.83. The zero-order valence-electron chi connectivity index (χ0n) is 10.3. The van der Waals surface area contributed by atoms with Crippen molar-refractivity contribution < 1.29 is 14.7 Å². The van der Waals surface area contributed by atoms with E-state index < -0.39 is 0 Å². The third-order valence-corrected chi connectivity index (χ3v) is 3.12. The number of oxime groups is 1. The van der Waals surface area contributed by atoms with Crippen molar-refractivity contribution in [2.75, 3.05) is 26.8 Å². The van der Waals surface area contributed by atoms with Gasteiger partial charge in [0.2, 0.25) is 5.91 Å². The average molecular weight is 243 g/mol. The van der Waals surface area contributed by atoms with Gasteiger partial charge in [0.25, 0.3) is 0 Å². The number of amides is 1. The van der Waals surface area contributed by atoms with Crippen molar-refractivity contribution in [1.82, 2.24) is 4.90 Å². The summed E-state index contributed by atoms with van der Waals surface area (Å²) in [4.78, 5) is 13.6. The summed E-state index contributed by atoms with van der Waals surface area (Å²) < 4.78 is 4.91. The minimum atomic E-state index is 0.100. The van der Waals surface area contributed by atoms with Crippen LogP contribution in [0.25, 0.3) is 0 Å². The zero-order chi connectivity index (χ0) is 12.7. The van der Waals surface area contributed by atoms with E-state index in [1.54, 1.807) is 7.11 Å². The molecule has 0 aliphatic carbocycles. The van der Waals surface area contributed by atoms with Crippen molar-refractivity contribution in [1.29, 1.82) is 0 Å². The second kappa shape index (κ2) is 7.11. The van der Waals surface area contributed by atoms with Gasteiger partial charge in [0.15, 0.2) is 0 Å². The summed E-state index contributed by atoms with van der Waals surface area (Å²) in [5, 5.41) is 11.6. The van der Waals surface area contributed by atoms with E-state index in [9.17, 15) is 4.79 Å². The molecule has 0 radical (unpaired) electrons. The Kier molecular flexibility index (Phi) is 5.76. The van der Waals surface area contributed by atoms with Crippen molar-refractivity contribution in [2.45, 2.75) is 25.7 Å². The number of likely N-dealkylation sites (tertiary alicyclic amines) is 1. The third-order valence-electron chi connectivity index (χ3n) is 3.12. The van der Waals surface area contributed by atoms with Crippen molar-refractivity contribution in [3.8, 4) is 0 Å². The second-order valence-corrected chi connectivity index (χ2v) is 4.28. The maximum Gasteiger partial charge on any atom is 0.222 e. The van der Waals surface area contributed by atoms with Gasteiger partial charge in [-0.2, -0.15) is 0 Å². The summed E-state index contributed by atoms with van der Waals surface area (Å²) in [6.45, 7) is 1.99. The molecule has 1 fully saturated rings. The van der Waals surface area contributed by atoms with E-state index in [1.165, 1.54) is 0 Å². The van der Waals surface area contributed by atoms with E-state index in [0.717, 1.165) is 19.3 Å². The molecule has 17 heavy (non-hydrogen) atoms. The highest BCUT2D eigenvalue weighted by Crippen LogP contribution is 2.18. The van der Waals surface area contributed by atoms with Gasteiger partial charge in [-0.1, -0.05) is 5.16 Å². The van der Waals surface area contributed by atoms with Crippen LogP contribution in [0.4, 0.5) is 0 Å². The van der Waals surface area contributed by atoms with Gasteiger partial charge >= 0.3 is 0 Å². The summed E-state index contributed by atoms with van der Waals surface area (Å²) in [7, 11) is 1.63. The number of rotatable bonds is 5. The molecule has 1 heterocycles. The summed E-state index contributed by atoms with van der Waals surface area (Å²) in [5.74, 6) is 0.541. The Bertz CT molecular complexity index is 273. The molecular weight excluding hydrogens is 222 g/mol. The van der Waals surface area contributed by atoms with Gasteiger partial charge in [-0.3, -0.25) is 4.79 Å². The molecule has 0 aromatic heterocycles. The first kappa shape index (κ1) is 13.8. The molecule has 0 aromatic rings. The molecule has 98 valence electrons. The fourth-order valence-corrected chi connectivity index (χ4v) is 2.03. The zero-order valence-corrected chi connectivity index (χ0v) is 10.3. The van der Waals surface area contributed by atoms with E-state index in [4.69, 9.17) is 15.7 Å². The lowest BCUT2D eigenvalue weighted by Crippen LogP contribution is -2.41. The van der Waals surface area contributed by atoms with Crippen molar-refractivity contribution in [2.24, 2.45) is 16.8 Å². The van der Waals surface area contributed by atoms with E-state index in [1.807, 2.05) is 4.90 Å². The first-order valence-corrected chi connectivity index (χ1v) is 5.93. The lowest BCUT2D eigenvalue weighted by Gasteiger charge is -2.31. The first-order valence-electron chi connectivity index (χ1n) is 5.93. The van der Waals surface area contributed by atoms with Crippen LogP contribution in [0, 0.1) is 5.92 Å². The molecule has 6 heteroatoms. The van der Waals surface area contributed by atoms with Crippen molar-refractivity contribution >= 4 is 11.7 Å². The van der Waals surface area contributed by atoms with E-state index in [2.05, 4.69) is 5.16 Å². The molecule has 0 atom stereocenters. The first-order chi connectivity index (χ1) is 8.19. The molecule has 0 bridgehead atoms. The summed E-state index contributed by atoms with van der Waals surface area (Å²) >= 11 is 0. The summed E-state index contributed by atoms with van der Waals surface area (Å²) in [6.07, 6.45) is 2.83. The number of ether oxygens (including phenoxy) is 1. The molecule has 1 aliphatic rings. The molecule has 1 saturated heterocycles. The highest BCUT2D eigenvalue weighted by Gasteiger charge is 2.24. The van der Waals surface area contributed by atoms with Crippen molar-refractivity contribution in [3.05, 3.63) is 0 Å². The topological polar surface area (TPSA) is 88.2 Å². The Balaban J connectivity index is 2.29. The quantitative estimate of drug-likeness (QED) is 0.240. The van der Waals surface area contributed by atoms with Crippen LogP contribution < -0.4 is 5.73 Å². The van der Waals surface area contributed by atoms with Crippen LogP contribution in [0.2, 0.25) is 0 Å².